The topological polar surface area (TPSA) is 158 Å². The highest BCUT2D eigenvalue weighted by molar-refractivity contribution is 6.22. The number of rotatable bonds is 14. The van der Waals surface area contributed by atoms with Gasteiger partial charge in [0.2, 0.25) is 0 Å². The van der Waals surface area contributed by atoms with Gasteiger partial charge in [0.15, 0.2) is 0 Å². The van der Waals surface area contributed by atoms with Gasteiger partial charge in [-0.3, -0.25) is 33.8 Å². The second-order valence-electron chi connectivity index (χ2n) is 13.8. The van der Waals surface area contributed by atoms with Crippen LogP contribution in [0.3, 0.4) is 0 Å². The molecule has 12 heteroatoms. The molecule has 0 atom stereocenters. The second kappa shape index (κ2) is 19.6. The first-order valence-corrected chi connectivity index (χ1v) is 19.6. The van der Waals surface area contributed by atoms with Crippen LogP contribution in [0.25, 0.3) is 0 Å². The van der Waals surface area contributed by atoms with Gasteiger partial charge in [0.1, 0.15) is 17.8 Å². The number of carbonyl (C=O) groups is 5. The van der Waals surface area contributed by atoms with Crippen LogP contribution in [0, 0.1) is 0 Å². The summed E-state index contributed by atoms with van der Waals surface area (Å²) in [7, 11) is 0. The minimum Gasteiger partial charge on any atom is -0.494 e. The summed E-state index contributed by atoms with van der Waals surface area (Å²) in [6, 6.07) is 40.6. The van der Waals surface area contributed by atoms with Gasteiger partial charge in [0, 0.05) is 54.8 Å². The van der Waals surface area contributed by atoms with Crippen molar-refractivity contribution in [3.05, 3.63) is 203 Å². The molecule has 2 aliphatic heterocycles. The van der Waals surface area contributed by atoms with E-state index in [1.165, 1.54) is 9.80 Å². The predicted molar refractivity (Wildman–Crippen MR) is 225 cm³/mol. The van der Waals surface area contributed by atoms with Crippen LogP contribution < -0.4 is 9.47 Å². The molecular weight excluding hydrogens is 759 g/mol. The SMILES string of the molecule is O=C1c2ccccc2C(=O)N1CCCOc1ccc(C(c2ccc[nH]2)c2ccc[nH]2)cc1.O=Cc1ccc(OCCCN2C(=O)c3ccccc3C2=O)cc1.c1cc[nH]c1. The molecule has 7 aromatic rings. The molecule has 0 radical (unpaired) electrons. The zero-order chi connectivity index (χ0) is 41.7. The summed E-state index contributed by atoms with van der Waals surface area (Å²) in [5.74, 6) is 0.541. The third-order valence-corrected chi connectivity index (χ3v) is 9.94. The molecule has 5 heterocycles. The largest absolute Gasteiger partial charge is 0.494 e. The van der Waals surface area contributed by atoms with Crippen LogP contribution >= 0.6 is 0 Å². The summed E-state index contributed by atoms with van der Waals surface area (Å²) in [6.07, 6.45) is 9.49. The average molecular weight is 802 g/mol. The number of imide groups is 2. The summed E-state index contributed by atoms with van der Waals surface area (Å²) in [5.41, 5.74) is 5.84. The minimum absolute atomic E-state index is 0.0860. The van der Waals surface area contributed by atoms with Crippen molar-refractivity contribution in [3.63, 3.8) is 0 Å². The Hall–Kier alpha value is -7.73. The van der Waals surface area contributed by atoms with Crippen molar-refractivity contribution in [1.82, 2.24) is 24.8 Å². The van der Waals surface area contributed by atoms with Gasteiger partial charge in [-0.15, -0.1) is 0 Å². The highest BCUT2D eigenvalue weighted by Gasteiger charge is 2.35. The molecule has 4 amide bonds. The maximum absolute atomic E-state index is 12.4. The molecule has 4 aromatic carbocycles. The molecule has 3 aromatic heterocycles. The Kier molecular flexibility index (Phi) is 13.2. The standard InChI is InChI=1S/C26H23N3O3.C18H15NO4.C4H5N/c30-25-20-6-1-2-7-21(20)26(31)29(25)16-5-17-32-19-12-10-18(11-13-19)24(22-8-3-14-27-22)23-9-4-15-28-23;20-12-13-6-8-14(9-7-13)23-11-3-10-19-17(21)15-4-1-2-5-16(15)18(19)22;1-2-4-5-3-1/h1-4,6-15,24,27-28H,5,16-17H2;1-2,4-9,12H,3,10-11H2;1-5H. The Morgan fingerprint density at radius 1 is 0.483 bits per heavy atom. The number of amides is 4. The number of nitrogens with one attached hydrogen (secondary N) is 3. The van der Waals surface area contributed by atoms with Crippen molar-refractivity contribution in [2.45, 2.75) is 18.8 Å². The molecule has 302 valence electrons. The van der Waals surface area contributed by atoms with Gasteiger partial charge < -0.3 is 24.4 Å². The molecular formula is C48H43N5O7. The Morgan fingerprint density at radius 3 is 1.25 bits per heavy atom. The smallest absolute Gasteiger partial charge is 0.261 e. The lowest BCUT2D eigenvalue weighted by molar-refractivity contribution is 0.0630. The molecule has 0 fully saturated rings. The highest BCUT2D eigenvalue weighted by Crippen LogP contribution is 2.31. The maximum Gasteiger partial charge on any atom is 0.261 e. The first-order chi connectivity index (χ1) is 29.4. The van der Waals surface area contributed by atoms with Crippen molar-refractivity contribution in [1.29, 1.82) is 0 Å². The van der Waals surface area contributed by atoms with E-state index < -0.39 is 0 Å². The number of nitrogens with zero attached hydrogens (tertiary/aromatic N) is 2. The molecule has 2 aliphatic rings. The van der Waals surface area contributed by atoms with Crippen LogP contribution in [-0.2, 0) is 0 Å². The molecule has 0 spiro atoms. The Morgan fingerprint density at radius 2 is 0.900 bits per heavy atom. The number of aldehydes is 1. The van der Waals surface area contributed by atoms with Gasteiger partial charge in [-0.25, -0.2) is 0 Å². The molecule has 0 saturated carbocycles. The number of aromatic amines is 3. The van der Waals surface area contributed by atoms with Crippen molar-refractivity contribution >= 4 is 29.9 Å². The van der Waals surface area contributed by atoms with Crippen molar-refractivity contribution in [2.24, 2.45) is 0 Å². The van der Waals surface area contributed by atoms with Gasteiger partial charge in [-0.05, 0) is 115 Å². The first kappa shape index (κ1) is 40.5. The molecule has 0 bridgehead atoms. The molecule has 60 heavy (non-hydrogen) atoms. The molecule has 9 rings (SSSR count). The Labute approximate surface area is 346 Å². The number of H-pyrrole nitrogens is 3. The van der Waals surface area contributed by atoms with Crippen LogP contribution in [0.15, 0.2) is 158 Å². The Balaban J connectivity index is 0.000000169. The van der Waals surface area contributed by atoms with Gasteiger partial charge >= 0.3 is 0 Å². The summed E-state index contributed by atoms with van der Waals surface area (Å²) in [6.45, 7) is 1.46. The molecule has 12 nitrogen and oxygen atoms in total. The van der Waals surface area contributed by atoms with E-state index in [4.69, 9.17) is 9.47 Å². The average Bonchev–Trinajstić information content (AvgIpc) is 4.17. The van der Waals surface area contributed by atoms with Crippen molar-refractivity contribution in [3.8, 4) is 11.5 Å². The van der Waals surface area contributed by atoms with E-state index in [0.29, 0.717) is 72.7 Å². The van der Waals surface area contributed by atoms with Crippen LogP contribution in [0.1, 0.15) is 87.5 Å². The number of benzene rings is 4. The number of carbonyl (C=O) groups excluding carboxylic acids is 5. The summed E-state index contributed by atoms with van der Waals surface area (Å²) in [5, 5.41) is 0. The van der Waals surface area contributed by atoms with Crippen LogP contribution in [0.2, 0.25) is 0 Å². The maximum atomic E-state index is 12.4. The van der Waals surface area contributed by atoms with Crippen LogP contribution in [0.5, 0.6) is 11.5 Å². The van der Waals surface area contributed by atoms with Crippen molar-refractivity contribution in [2.75, 3.05) is 26.3 Å². The predicted octanol–water partition coefficient (Wildman–Crippen LogP) is 8.17. The quantitative estimate of drug-likeness (QED) is 0.0569. The van der Waals surface area contributed by atoms with E-state index in [1.807, 2.05) is 61.2 Å². The highest BCUT2D eigenvalue weighted by atomic mass is 16.5. The number of hydrogen-bond donors (Lipinski definition) is 3. The van der Waals surface area contributed by atoms with Crippen LogP contribution in [0.4, 0.5) is 0 Å². The zero-order valence-electron chi connectivity index (χ0n) is 32.7. The normalized spacial score (nSPS) is 12.7. The second-order valence-corrected chi connectivity index (χ2v) is 13.8. The fourth-order valence-corrected chi connectivity index (χ4v) is 6.96. The van der Waals surface area contributed by atoms with E-state index in [1.54, 1.807) is 72.8 Å². The minimum atomic E-state index is -0.249. The number of hydrogen-bond acceptors (Lipinski definition) is 7. The third kappa shape index (κ3) is 9.51. The van der Waals surface area contributed by atoms with Crippen LogP contribution in [-0.4, -0.2) is 81.0 Å². The Bertz CT molecular complexity index is 2370. The van der Waals surface area contributed by atoms with E-state index in [9.17, 15) is 24.0 Å². The fourth-order valence-electron chi connectivity index (χ4n) is 6.96. The lowest BCUT2D eigenvalue weighted by Gasteiger charge is -2.16. The zero-order valence-corrected chi connectivity index (χ0v) is 32.7. The lowest BCUT2D eigenvalue weighted by Crippen LogP contribution is -2.31. The molecule has 0 aliphatic carbocycles. The first-order valence-electron chi connectivity index (χ1n) is 19.6. The van der Waals surface area contributed by atoms with Gasteiger partial charge in [0.05, 0.1) is 41.4 Å². The van der Waals surface area contributed by atoms with Gasteiger partial charge in [-0.2, -0.15) is 0 Å². The molecule has 0 unspecified atom stereocenters. The summed E-state index contributed by atoms with van der Waals surface area (Å²) in [4.78, 5) is 71.8. The van der Waals surface area contributed by atoms with Crippen molar-refractivity contribution < 1.29 is 33.4 Å². The molecule has 3 N–H and O–H groups in total. The van der Waals surface area contributed by atoms with E-state index >= 15 is 0 Å². The summed E-state index contributed by atoms with van der Waals surface area (Å²) < 4.78 is 11.4. The van der Waals surface area contributed by atoms with E-state index in [2.05, 4.69) is 39.2 Å². The lowest BCUT2D eigenvalue weighted by atomic mass is 9.92. The summed E-state index contributed by atoms with van der Waals surface area (Å²) >= 11 is 0. The fraction of sp³-hybridized carbons (Fsp3) is 0.146. The number of fused-ring (bicyclic) bond motifs is 2. The van der Waals surface area contributed by atoms with Gasteiger partial charge in [0.25, 0.3) is 23.6 Å². The molecule has 0 saturated heterocycles. The van der Waals surface area contributed by atoms with E-state index in [-0.39, 0.29) is 29.5 Å². The van der Waals surface area contributed by atoms with E-state index in [0.717, 1.165) is 29.0 Å². The monoisotopic (exact) mass is 801 g/mol. The number of aromatic nitrogens is 3. The third-order valence-electron chi connectivity index (χ3n) is 9.94. The number of ether oxygens (including phenoxy) is 2. The van der Waals surface area contributed by atoms with Gasteiger partial charge in [-0.1, -0.05) is 36.4 Å².